The number of benzene rings is 1. The highest BCUT2D eigenvalue weighted by Gasteiger charge is 2.37. The predicted molar refractivity (Wildman–Crippen MR) is 135 cm³/mol. The van der Waals surface area contributed by atoms with E-state index >= 15 is 0 Å². The Hall–Kier alpha value is -2.45. The molecule has 2 aliphatic heterocycles. The van der Waals surface area contributed by atoms with Crippen molar-refractivity contribution in [3.8, 4) is 6.07 Å². The van der Waals surface area contributed by atoms with E-state index in [0.29, 0.717) is 34.2 Å². The Morgan fingerprint density at radius 1 is 1.31 bits per heavy atom. The fourth-order valence-corrected chi connectivity index (χ4v) is 6.00. The van der Waals surface area contributed by atoms with Crippen LogP contribution in [0.3, 0.4) is 0 Å². The van der Waals surface area contributed by atoms with Gasteiger partial charge in [0.15, 0.2) is 21.3 Å². The van der Waals surface area contributed by atoms with Gasteiger partial charge < -0.3 is 20.2 Å². The lowest BCUT2D eigenvalue weighted by molar-refractivity contribution is 0.101. The van der Waals surface area contributed by atoms with Gasteiger partial charge in [-0.2, -0.15) is 5.26 Å². The van der Waals surface area contributed by atoms with Crippen LogP contribution in [0.1, 0.15) is 37.1 Å². The van der Waals surface area contributed by atoms with Crippen molar-refractivity contribution in [2.75, 3.05) is 55.8 Å². The van der Waals surface area contributed by atoms with E-state index in [4.69, 9.17) is 11.6 Å². The van der Waals surface area contributed by atoms with Crippen LogP contribution in [-0.2, 0) is 9.84 Å². The van der Waals surface area contributed by atoms with Gasteiger partial charge in [0, 0.05) is 37.5 Å². The van der Waals surface area contributed by atoms with Crippen molar-refractivity contribution < 1.29 is 13.5 Å². The Labute approximate surface area is 211 Å². The number of aromatic nitrogens is 2. The molecule has 2 saturated heterocycles. The van der Waals surface area contributed by atoms with E-state index in [1.807, 2.05) is 6.92 Å². The van der Waals surface area contributed by atoms with Crippen LogP contribution in [0.25, 0.3) is 0 Å². The molecule has 1 aromatic carbocycles. The fourth-order valence-electron chi connectivity index (χ4n) is 4.94. The number of piperidine rings is 1. The molecule has 2 fully saturated rings. The number of nitrogens with one attached hydrogen (secondary N) is 1. The summed E-state index contributed by atoms with van der Waals surface area (Å²) in [5.41, 5.74) is 1.03. The van der Waals surface area contributed by atoms with E-state index in [0.717, 1.165) is 51.0 Å². The van der Waals surface area contributed by atoms with E-state index in [1.165, 1.54) is 24.8 Å². The zero-order valence-electron chi connectivity index (χ0n) is 20.0. The average Bonchev–Trinajstić information content (AvgIpc) is 2.78. The Kier molecular flexibility index (Phi) is 7.81. The minimum Gasteiger partial charge on any atom is -0.395 e. The van der Waals surface area contributed by atoms with Crippen LogP contribution >= 0.6 is 11.6 Å². The zero-order valence-corrected chi connectivity index (χ0v) is 21.6. The highest BCUT2D eigenvalue weighted by Crippen LogP contribution is 2.35. The number of hydrogen-bond donors (Lipinski definition) is 2. The number of anilines is 2. The van der Waals surface area contributed by atoms with Crippen molar-refractivity contribution in [2.45, 2.75) is 30.7 Å². The summed E-state index contributed by atoms with van der Waals surface area (Å²) in [6, 6.07) is 6.58. The molecule has 2 aliphatic rings. The van der Waals surface area contributed by atoms with Gasteiger partial charge in [0.05, 0.1) is 23.7 Å². The van der Waals surface area contributed by atoms with Crippen LogP contribution in [-0.4, -0.2) is 74.0 Å². The molecular formula is C24H31ClN6O3S. The second kappa shape index (κ2) is 10.7. The first kappa shape index (κ1) is 25.6. The van der Waals surface area contributed by atoms with E-state index in [-0.39, 0.29) is 17.5 Å². The summed E-state index contributed by atoms with van der Waals surface area (Å²) in [6.07, 6.45) is 5.01. The number of aliphatic hydroxyl groups is 1. The van der Waals surface area contributed by atoms with Crippen molar-refractivity contribution in [2.24, 2.45) is 11.8 Å². The van der Waals surface area contributed by atoms with Crippen LogP contribution in [0.2, 0.25) is 5.02 Å². The normalized spacial score (nSPS) is 20.2. The molecule has 0 saturated carbocycles. The summed E-state index contributed by atoms with van der Waals surface area (Å²) in [5, 5.41) is 22.5. The molecule has 1 aromatic heterocycles. The Bertz CT molecular complexity index is 1210. The van der Waals surface area contributed by atoms with E-state index < -0.39 is 9.84 Å². The SMILES string of the molecule is CC(Nc1cnc(C#N)c(N2CC([C@H]3CCCN(CCO)C3)C2)n1)c1ccc(S(C)(=O)=O)cc1Cl. The van der Waals surface area contributed by atoms with E-state index in [2.05, 4.69) is 31.2 Å². The van der Waals surface area contributed by atoms with Crippen molar-refractivity contribution in [3.05, 3.63) is 40.7 Å². The lowest BCUT2D eigenvalue weighted by atomic mass is 9.80. The summed E-state index contributed by atoms with van der Waals surface area (Å²) in [5.74, 6) is 2.21. The second-order valence-electron chi connectivity index (χ2n) is 9.45. The number of halogens is 1. The standard InChI is InChI=1S/C24H31ClN6O3S/c1-16(20-6-5-19(10-21(20)25)35(2,33)34)28-23-12-27-22(11-26)24(29-23)31-14-18(15-31)17-4-3-7-30(13-17)8-9-32/h5-6,10,12,16-18,32H,3-4,7-9,13-15H2,1-2H3,(H,28,29)/t16?,17-/m0/s1. The quantitative estimate of drug-likeness (QED) is 0.543. The first-order chi connectivity index (χ1) is 16.7. The molecule has 2 N–H and O–H groups in total. The molecule has 1 unspecified atom stereocenters. The first-order valence-corrected chi connectivity index (χ1v) is 14.1. The smallest absolute Gasteiger partial charge is 0.183 e. The predicted octanol–water partition coefficient (Wildman–Crippen LogP) is 2.72. The number of β-amino-alcohol motifs (C(OH)–C–C–N with tert-alkyl or cyclic N) is 1. The van der Waals surface area contributed by atoms with Crippen LogP contribution in [0.15, 0.2) is 29.3 Å². The summed E-state index contributed by atoms with van der Waals surface area (Å²) in [7, 11) is -3.34. The molecule has 0 spiro atoms. The van der Waals surface area contributed by atoms with Gasteiger partial charge in [-0.1, -0.05) is 17.7 Å². The maximum absolute atomic E-state index is 11.8. The highest BCUT2D eigenvalue weighted by molar-refractivity contribution is 7.90. The van der Waals surface area contributed by atoms with Crippen LogP contribution in [0.5, 0.6) is 0 Å². The Balaban J connectivity index is 1.44. The van der Waals surface area contributed by atoms with Gasteiger partial charge in [-0.25, -0.2) is 18.4 Å². The summed E-state index contributed by atoms with van der Waals surface area (Å²) in [4.78, 5) is 13.6. The van der Waals surface area contributed by atoms with Crippen molar-refractivity contribution in [1.29, 1.82) is 5.26 Å². The Morgan fingerprint density at radius 3 is 2.74 bits per heavy atom. The summed E-state index contributed by atoms with van der Waals surface area (Å²) < 4.78 is 23.6. The van der Waals surface area contributed by atoms with E-state index in [1.54, 1.807) is 6.07 Å². The van der Waals surface area contributed by atoms with Gasteiger partial charge in [-0.15, -0.1) is 0 Å². The fraction of sp³-hybridized carbons (Fsp3) is 0.542. The molecule has 0 amide bonds. The number of sulfone groups is 1. The number of aliphatic hydroxyl groups excluding tert-OH is 1. The van der Waals surface area contributed by atoms with Gasteiger partial charge in [0.1, 0.15) is 11.9 Å². The van der Waals surface area contributed by atoms with Crippen molar-refractivity contribution in [1.82, 2.24) is 14.9 Å². The molecule has 2 atom stereocenters. The number of likely N-dealkylation sites (tertiary alicyclic amines) is 1. The molecule has 0 radical (unpaired) electrons. The van der Waals surface area contributed by atoms with Crippen LogP contribution in [0, 0.1) is 23.2 Å². The van der Waals surface area contributed by atoms with Gasteiger partial charge in [0.25, 0.3) is 0 Å². The van der Waals surface area contributed by atoms with E-state index in [9.17, 15) is 18.8 Å². The number of hydrogen-bond acceptors (Lipinski definition) is 9. The molecule has 188 valence electrons. The monoisotopic (exact) mass is 518 g/mol. The van der Waals surface area contributed by atoms with Gasteiger partial charge in [-0.05, 0) is 55.8 Å². The van der Waals surface area contributed by atoms with Gasteiger partial charge in [0.2, 0.25) is 0 Å². The van der Waals surface area contributed by atoms with Crippen molar-refractivity contribution in [3.63, 3.8) is 0 Å². The highest BCUT2D eigenvalue weighted by atomic mass is 35.5. The Morgan fingerprint density at radius 2 is 2.09 bits per heavy atom. The third-order valence-corrected chi connectivity index (χ3v) is 8.36. The number of nitriles is 1. The lowest BCUT2D eigenvalue weighted by Crippen LogP contribution is -2.54. The van der Waals surface area contributed by atoms with Gasteiger partial charge in [-0.3, -0.25) is 0 Å². The number of rotatable bonds is 8. The average molecular weight is 519 g/mol. The number of nitrogens with zero attached hydrogens (tertiary/aromatic N) is 5. The molecule has 35 heavy (non-hydrogen) atoms. The third-order valence-electron chi connectivity index (χ3n) is 6.93. The largest absolute Gasteiger partial charge is 0.395 e. The second-order valence-corrected chi connectivity index (χ2v) is 11.9. The molecule has 0 aliphatic carbocycles. The summed E-state index contributed by atoms with van der Waals surface area (Å²) in [6.45, 7) is 6.54. The first-order valence-electron chi connectivity index (χ1n) is 11.8. The molecule has 0 bridgehead atoms. The topological polar surface area (TPSA) is 122 Å². The summed E-state index contributed by atoms with van der Waals surface area (Å²) >= 11 is 6.37. The van der Waals surface area contributed by atoms with Crippen LogP contribution < -0.4 is 10.2 Å². The maximum Gasteiger partial charge on any atom is 0.183 e. The molecular weight excluding hydrogens is 488 g/mol. The molecule has 2 aromatic rings. The minimum absolute atomic E-state index is 0.170. The van der Waals surface area contributed by atoms with Crippen LogP contribution in [0.4, 0.5) is 11.6 Å². The molecule has 11 heteroatoms. The minimum atomic E-state index is -3.34. The molecule has 9 nitrogen and oxygen atoms in total. The van der Waals surface area contributed by atoms with Gasteiger partial charge >= 0.3 is 0 Å². The lowest BCUT2D eigenvalue weighted by Gasteiger charge is -2.47. The van der Waals surface area contributed by atoms with Crippen molar-refractivity contribution >= 4 is 33.1 Å². The maximum atomic E-state index is 11.8. The molecule has 3 heterocycles. The molecule has 4 rings (SSSR count). The third kappa shape index (κ3) is 5.86. The zero-order chi connectivity index (χ0) is 25.2.